The van der Waals surface area contributed by atoms with Gasteiger partial charge in [-0.2, -0.15) is 0 Å². The lowest BCUT2D eigenvalue weighted by molar-refractivity contribution is 0.743. The number of hydrogen-bond donors (Lipinski definition) is 2. The van der Waals surface area contributed by atoms with Gasteiger partial charge in [-0.1, -0.05) is 30.7 Å². The standard InChI is InChI=1S/C20H22ClN3O2S/c1-12-8-15(21)9-14(18(12)27-13(2)10-22-3)11-24-17-7-5-4-6-16(17)19(25)23-20(24)26/h4-9,13,22H,10-11H2,1-3H3,(H,23,25,26). The van der Waals surface area contributed by atoms with Crippen LogP contribution >= 0.6 is 23.4 Å². The van der Waals surface area contributed by atoms with Gasteiger partial charge in [0.05, 0.1) is 17.4 Å². The van der Waals surface area contributed by atoms with Gasteiger partial charge >= 0.3 is 5.69 Å². The summed E-state index contributed by atoms with van der Waals surface area (Å²) in [5.74, 6) is 0. The van der Waals surface area contributed by atoms with Crippen molar-refractivity contribution in [3.05, 3.63) is 73.4 Å². The van der Waals surface area contributed by atoms with Gasteiger partial charge in [0.1, 0.15) is 0 Å². The first-order chi connectivity index (χ1) is 12.9. The van der Waals surface area contributed by atoms with Crippen LogP contribution in [0.5, 0.6) is 0 Å². The third-order valence-electron chi connectivity index (χ3n) is 4.36. The van der Waals surface area contributed by atoms with Crippen LogP contribution in [-0.4, -0.2) is 28.4 Å². The number of halogens is 1. The highest BCUT2D eigenvalue weighted by Gasteiger charge is 2.15. The summed E-state index contributed by atoms with van der Waals surface area (Å²) in [6, 6.07) is 11.0. The molecule has 27 heavy (non-hydrogen) atoms. The van der Waals surface area contributed by atoms with Crippen molar-refractivity contribution >= 4 is 34.3 Å². The Morgan fingerprint density at radius 1 is 1.26 bits per heavy atom. The highest BCUT2D eigenvalue weighted by atomic mass is 35.5. The van der Waals surface area contributed by atoms with Gasteiger partial charge in [-0.3, -0.25) is 14.3 Å². The van der Waals surface area contributed by atoms with Crippen molar-refractivity contribution in [2.75, 3.05) is 13.6 Å². The van der Waals surface area contributed by atoms with Gasteiger partial charge in [0, 0.05) is 21.7 Å². The van der Waals surface area contributed by atoms with E-state index in [0.717, 1.165) is 22.6 Å². The van der Waals surface area contributed by atoms with Crippen LogP contribution in [0, 0.1) is 6.92 Å². The zero-order valence-electron chi connectivity index (χ0n) is 15.5. The summed E-state index contributed by atoms with van der Waals surface area (Å²) >= 11 is 8.06. The van der Waals surface area contributed by atoms with Gasteiger partial charge in [-0.15, -0.1) is 11.8 Å². The fourth-order valence-corrected chi connectivity index (χ4v) is 4.65. The molecule has 0 bridgehead atoms. The van der Waals surface area contributed by atoms with E-state index in [9.17, 15) is 9.59 Å². The minimum absolute atomic E-state index is 0.339. The molecular weight excluding hydrogens is 382 g/mol. The van der Waals surface area contributed by atoms with Crippen molar-refractivity contribution in [3.8, 4) is 0 Å². The van der Waals surface area contributed by atoms with E-state index in [-0.39, 0.29) is 5.56 Å². The van der Waals surface area contributed by atoms with E-state index >= 15 is 0 Å². The average molecular weight is 404 g/mol. The molecular formula is C20H22ClN3O2S. The second-order valence-electron chi connectivity index (χ2n) is 6.56. The Morgan fingerprint density at radius 2 is 2.00 bits per heavy atom. The lowest BCUT2D eigenvalue weighted by Crippen LogP contribution is -2.30. The van der Waals surface area contributed by atoms with Gasteiger partial charge in [-0.05, 0) is 49.4 Å². The molecule has 0 spiro atoms. The summed E-state index contributed by atoms with van der Waals surface area (Å²) in [5.41, 5.74) is 1.87. The molecule has 0 radical (unpaired) electrons. The average Bonchev–Trinajstić information content (AvgIpc) is 2.61. The lowest BCUT2D eigenvalue weighted by Gasteiger charge is -2.18. The molecule has 0 saturated carbocycles. The SMILES string of the molecule is CNCC(C)Sc1c(C)cc(Cl)cc1Cn1c(=O)[nH]c(=O)c2ccccc21. The fraction of sp³-hybridized carbons (Fsp3) is 0.300. The molecule has 2 N–H and O–H groups in total. The van der Waals surface area contributed by atoms with Crippen LogP contribution in [-0.2, 0) is 6.54 Å². The van der Waals surface area contributed by atoms with E-state index in [4.69, 9.17) is 11.6 Å². The molecule has 0 amide bonds. The van der Waals surface area contributed by atoms with E-state index in [2.05, 4.69) is 17.2 Å². The maximum absolute atomic E-state index is 12.5. The molecule has 1 atom stereocenters. The van der Waals surface area contributed by atoms with Gasteiger partial charge < -0.3 is 5.32 Å². The van der Waals surface area contributed by atoms with Gasteiger partial charge in [0.15, 0.2) is 0 Å². The molecule has 7 heteroatoms. The predicted octanol–water partition coefficient (Wildman–Crippen LogP) is 3.40. The highest BCUT2D eigenvalue weighted by molar-refractivity contribution is 8.00. The Balaban J connectivity index is 2.12. The summed E-state index contributed by atoms with van der Waals surface area (Å²) in [4.78, 5) is 28.1. The summed E-state index contributed by atoms with van der Waals surface area (Å²) in [7, 11) is 1.93. The van der Waals surface area contributed by atoms with Crippen LogP contribution < -0.4 is 16.6 Å². The minimum Gasteiger partial charge on any atom is -0.319 e. The number of rotatable bonds is 6. The first-order valence-electron chi connectivity index (χ1n) is 8.73. The number of aryl methyl sites for hydroxylation is 1. The number of benzene rings is 2. The zero-order chi connectivity index (χ0) is 19.6. The number of hydrogen-bond acceptors (Lipinski definition) is 4. The van der Waals surface area contributed by atoms with Crippen molar-refractivity contribution < 1.29 is 0 Å². The molecule has 2 aromatic carbocycles. The third kappa shape index (κ3) is 4.29. The van der Waals surface area contributed by atoms with Crippen LogP contribution in [0.1, 0.15) is 18.1 Å². The lowest BCUT2D eigenvalue weighted by atomic mass is 10.1. The molecule has 3 rings (SSSR count). The van der Waals surface area contributed by atoms with Crippen LogP contribution in [0.3, 0.4) is 0 Å². The summed E-state index contributed by atoms with van der Waals surface area (Å²) in [6.07, 6.45) is 0. The predicted molar refractivity (Wildman–Crippen MR) is 113 cm³/mol. The van der Waals surface area contributed by atoms with Gasteiger partial charge in [-0.25, -0.2) is 4.79 Å². The Labute approximate surface area is 166 Å². The van der Waals surface area contributed by atoms with Crippen molar-refractivity contribution in [1.29, 1.82) is 0 Å². The third-order valence-corrected chi connectivity index (χ3v) is 5.97. The van der Waals surface area contributed by atoms with Crippen LogP contribution in [0.2, 0.25) is 5.02 Å². The molecule has 0 aliphatic heterocycles. The number of nitrogens with zero attached hydrogens (tertiary/aromatic N) is 1. The maximum Gasteiger partial charge on any atom is 0.329 e. The maximum atomic E-state index is 12.5. The summed E-state index contributed by atoms with van der Waals surface area (Å²) < 4.78 is 1.59. The van der Waals surface area contributed by atoms with Crippen molar-refractivity contribution in [2.24, 2.45) is 0 Å². The number of aromatic amines is 1. The molecule has 0 aliphatic carbocycles. The van der Waals surface area contributed by atoms with Crippen LogP contribution in [0.25, 0.3) is 10.9 Å². The van der Waals surface area contributed by atoms with E-state index in [1.54, 1.807) is 34.5 Å². The first kappa shape index (κ1) is 19.7. The summed E-state index contributed by atoms with van der Waals surface area (Å²) in [6.45, 7) is 5.39. The molecule has 1 heterocycles. The second-order valence-corrected chi connectivity index (χ2v) is 8.44. The number of H-pyrrole nitrogens is 1. The smallest absolute Gasteiger partial charge is 0.319 e. The largest absolute Gasteiger partial charge is 0.329 e. The molecule has 0 aliphatic rings. The second kappa shape index (κ2) is 8.33. The van der Waals surface area contributed by atoms with Crippen molar-refractivity contribution in [1.82, 2.24) is 14.9 Å². The number of fused-ring (bicyclic) bond motifs is 1. The molecule has 0 fully saturated rings. The normalized spacial score (nSPS) is 12.4. The highest BCUT2D eigenvalue weighted by Crippen LogP contribution is 2.33. The van der Waals surface area contributed by atoms with Gasteiger partial charge in [0.2, 0.25) is 0 Å². The van der Waals surface area contributed by atoms with E-state index in [1.807, 2.05) is 32.2 Å². The number of aromatic nitrogens is 2. The number of thioether (sulfide) groups is 1. The molecule has 0 saturated heterocycles. The van der Waals surface area contributed by atoms with E-state index in [1.165, 1.54) is 0 Å². The summed E-state index contributed by atoms with van der Waals surface area (Å²) in [5, 5.41) is 4.67. The quantitative estimate of drug-likeness (QED) is 0.619. The van der Waals surface area contributed by atoms with Gasteiger partial charge in [0.25, 0.3) is 5.56 Å². The van der Waals surface area contributed by atoms with E-state index < -0.39 is 5.69 Å². The monoisotopic (exact) mass is 403 g/mol. The Morgan fingerprint density at radius 3 is 2.74 bits per heavy atom. The molecule has 1 unspecified atom stereocenters. The first-order valence-corrected chi connectivity index (χ1v) is 9.98. The van der Waals surface area contributed by atoms with Crippen LogP contribution in [0.15, 0.2) is 50.9 Å². The van der Waals surface area contributed by atoms with Crippen molar-refractivity contribution in [2.45, 2.75) is 30.5 Å². The topological polar surface area (TPSA) is 66.9 Å². The Bertz CT molecular complexity index is 1090. The number of nitrogens with one attached hydrogen (secondary N) is 2. The minimum atomic E-state index is -0.421. The van der Waals surface area contributed by atoms with E-state index in [0.29, 0.717) is 27.7 Å². The Hall–Kier alpha value is -2.02. The number of para-hydroxylation sites is 1. The molecule has 1 aromatic heterocycles. The van der Waals surface area contributed by atoms with Crippen molar-refractivity contribution in [3.63, 3.8) is 0 Å². The molecule has 3 aromatic rings. The molecule has 5 nitrogen and oxygen atoms in total. The van der Waals surface area contributed by atoms with Crippen LogP contribution in [0.4, 0.5) is 0 Å². The zero-order valence-corrected chi connectivity index (χ0v) is 17.1. The Kier molecular flexibility index (Phi) is 6.09. The fourth-order valence-electron chi connectivity index (χ4n) is 3.19. The molecule has 142 valence electrons.